The minimum Gasteiger partial charge on any atom is -0.478 e. The summed E-state index contributed by atoms with van der Waals surface area (Å²) < 4.78 is 1.69. The normalized spacial score (nSPS) is 10.0. The molecule has 0 saturated heterocycles. The van der Waals surface area contributed by atoms with Crippen LogP contribution in [0.25, 0.3) is 11.3 Å². The van der Waals surface area contributed by atoms with Crippen LogP contribution in [0.15, 0.2) is 49.4 Å². The van der Waals surface area contributed by atoms with Crippen LogP contribution in [-0.4, -0.2) is 20.6 Å². The molecule has 0 bridgehead atoms. The van der Waals surface area contributed by atoms with Gasteiger partial charge < -0.3 is 5.11 Å². The smallest absolute Gasteiger partial charge is 0.337 e. The maximum atomic E-state index is 10.8. The summed E-state index contributed by atoms with van der Waals surface area (Å²) in [6, 6.07) is 9.40. The predicted octanol–water partition coefficient (Wildman–Crippen LogP) is 1.97. The first-order valence-corrected chi connectivity index (χ1v) is 4.70. The largest absolute Gasteiger partial charge is 0.478 e. The van der Waals surface area contributed by atoms with Crippen LogP contribution in [0.4, 0.5) is 0 Å². The summed E-state index contributed by atoms with van der Waals surface area (Å²) in [7, 11) is 0. The van der Waals surface area contributed by atoms with Gasteiger partial charge in [-0.2, -0.15) is 0 Å². The molecular weight excluding hydrogens is 204 g/mol. The number of benzene rings is 1. The highest BCUT2D eigenvalue weighted by atomic mass is 16.4. The number of aromatic nitrogens is 2. The molecule has 0 unspecified atom stereocenters. The second-order valence-electron chi connectivity index (χ2n) is 3.27. The molecule has 0 spiro atoms. The fraction of sp³-hybridized carbons (Fsp3) is 0. The Morgan fingerprint density at radius 1 is 1.31 bits per heavy atom. The van der Waals surface area contributed by atoms with E-state index in [0.29, 0.717) is 5.69 Å². The molecule has 2 rings (SSSR count). The standard InChI is InChI=1S/C12H10N2O2/c1-9(12(15)16)11-7-13-8-14(11)10-5-3-2-4-6-10/h2-8H,1H2,(H,15,16). The number of rotatable bonds is 3. The number of nitrogens with zero attached hydrogens (tertiary/aromatic N) is 2. The lowest BCUT2D eigenvalue weighted by atomic mass is 10.2. The van der Waals surface area contributed by atoms with Gasteiger partial charge in [0.05, 0.1) is 23.8 Å². The van der Waals surface area contributed by atoms with E-state index in [1.165, 1.54) is 6.20 Å². The lowest BCUT2D eigenvalue weighted by molar-refractivity contribution is -0.130. The fourth-order valence-corrected chi connectivity index (χ4v) is 1.42. The monoisotopic (exact) mass is 214 g/mol. The second-order valence-corrected chi connectivity index (χ2v) is 3.27. The van der Waals surface area contributed by atoms with Crippen LogP contribution >= 0.6 is 0 Å². The molecule has 0 amide bonds. The van der Waals surface area contributed by atoms with E-state index < -0.39 is 5.97 Å². The molecule has 1 N–H and O–H groups in total. The summed E-state index contributed by atoms with van der Waals surface area (Å²) in [5.74, 6) is -1.04. The van der Waals surface area contributed by atoms with Crippen LogP contribution in [0.3, 0.4) is 0 Å². The molecule has 0 fully saturated rings. The number of hydrogen-bond acceptors (Lipinski definition) is 2. The average Bonchev–Trinajstić information content (AvgIpc) is 2.77. The van der Waals surface area contributed by atoms with Crippen LogP contribution in [0, 0.1) is 0 Å². The van der Waals surface area contributed by atoms with Crippen molar-refractivity contribution in [2.45, 2.75) is 0 Å². The van der Waals surface area contributed by atoms with Gasteiger partial charge in [0.25, 0.3) is 0 Å². The molecule has 4 heteroatoms. The van der Waals surface area contributed by atoms with Crippen molar-refractivity contribution < 1.29 is 9.90 Å². The zero-order valence-electron chi connectivity index (χ0n) is 8.50. The SMILES string of the molecule is C=C(C(=O)O)c1cncn1-c1ccccc1. The molecule has 2 aromatic rings. The van der Waals surface area contributed by atoms with Crippen molar-refractivity contribution in [2.75, 3.05) is 0 Å². The van der Waals surface area contributed by atoms with Crippen LogP contribution in [-0.2, 0) is 4.79 Å². The van der Waals surface area contributed by atoms with Crippen molar-refractivity contribution in [2.24, 2.45) is 0 Å². The molecule has 1 aromatic carbocycles. The number of para-hydroxylation sites is 1. The van der Waals surface area contributed by atoms with Gasteiger partial charge in [-0.1, -0.05) is 24.8 Å². The van der Waals surface area contributed by atoms with Crippen molar-refractivity contribution >= 4 is 11.5 Å². The lowest BCUT2D eigenvalue weighted by Crippen LogP contribution is -2.04. The molecule has 0 saturated carbocycles. The van der Waals surface area contributed by atoms with Gasteiger partial charge in [0.1, 0.15) is 0 Å². The van der Waals surface area contributed by atoms with Crippen LogP contribution < -0.4 is 0 Å². The fourth-order valence-electron chi connectivity index (χ4n) is 1.42. The van der Waals surface area contributed by atoms with Crippen molar-refractivity contribution in [3.63, 3.8) is 0 Å². The van der Waals surface area contributed by atoms with E-state index in [-0.39, 0.29) is 5.57 Å². The van der Waals surface area contributed by atoms with Gasteiger partial charge in [-0.05, 0) is 12.1 Å². The Labute approximate surface area is 92.5 Å². The number of carboxylic acid groups (broad SMARTS) is 1. The van der Waals surface area contributed by atoms with E-state index in [9.17, 15) is 4.79 Å². The van der Waals surface area contributed by atoms with Gasteiger partial charge in [-0.15, -0.1) is 0 Å². The zero-order valence-corrected chi connectivity index (χ0v) is 8.50. The third-order valence-electron chi connectivity index (χ3n) is 2.24. The van der Waals surface area contributed by atoms with Crippen molar-refractivity contribution in [3.8, 4) is 5.69 Å². The maximum absolute atomic E-state index is 10.8. The summed E-state index contributed by atoms with van der Waals surface area (Å²) in [5.41, 5.74) is 1.37. The van der Waals surface area contributed by atoms with Crippen molar-refractivity contribution in [3.05, 3.63) is 55.1 Å². The number of aliphatic carboxylic acids is 1. The Hall–Kier alpha value is -2.36. The molecule has 0 radical (unpaired) electrons. The molecule has 80 valence electrons. The summed E-state index contributed by atoms with van der Waals surface area (Å²) in [6.07, 6.45) is 3.06. The zero-order chi connectivity index (χ0) is 11.5. The Bertz CT molecular complexity index is 529. The summed E-state index contributed by atoms with van der Waals surface area (Å²) in [6.45, 7) is 3.52. The first kappa shape index (κ1) is 10.2. The van der Waals surface area contributed by atoms with Gasteiger partial charge >= 0.3 is 5.97 Å². The molecule has 1 heterocycles. The first-order chi connectivity index (χ1) is 7.70. The minimum atomic E-state index is -1.04. The third kappa shape index (κ3) is 1.72. The van der Waals surface area contributed by atoms with Crippen LogP contribution in [0.1, 0.15) is 5.69 Å². The Kier molecular flexibility index (Phi) is 2.55. The van der Waals surface area contributed by atoms with Crippen molar-refractivity contribution in [1.29, 1.82) is 0 Å². The summed E-state index contributed by atoms with van der Waals surface area (Å²) >= 11 is 0. The molecule has 0 aliphatic heterocycles. The first-order valence-electron chi connectivity index (χ1n) is 4.70. The second kappa shape index (κ2) is 4.02. The summed E-state index contributed by atoms with van der Waals surface area (Å²) in [5, 5.41) is 8.88. The highest BCUT2D eigenvalue weighted by Gasteiger charge is 2.12. The number of carboxylic acids is 1. The van der Waals surface area contributed by atoms with E-state index in [2.05, 4.69) is 11.6 Å². The van der Waals surface area contributed by atoms with Crippen molar-refractivity contribution in [1.82, 2.24) is 9.55 Å². The molecular formula is C12H10N2O2. The Morgan fingerprint density at radius 3 is 2.62 bits per heavy atom. The molecule has 0 aliphatic carbocycles. The molecule has 16 heavy (non-hydrogen) atoms. The minimum absolute atomic E-state index is 0.0290. The molecule has 4 nitrogen and oxygen atoms in total. The highest BCUT2D eigenvalue weighted by Crippen LogP contribution is 2.17. The van der Waals surface area contributed by atoms with Gasteiger partial charge in [0.2, 0.25) is 0 Å². The lowest BCUT2D eigenvalue weighted by Gasteiger charge is -2.07. The maximum Gasteiger partial charge on any atom is 0.337 e. The number of carbonyl (C=O) groups is 1. The van der Waals surface area contributed by atoms with E-state index in [1.807, 2.05) is 30.3 Å². The van der Waals surface area contributed by atoms with E-state index in [4.69, 9.17) is 5.11 Å². The highest BCUT2D eigenvalue weighted by molar-refractivity contribution is 6.13. The Morgan fingerprint density at radius 2 is 2.00 bits per heavy atom. The average molecular weight is 214 g/mol. The van der Waals surface area contributed by atoms with Gasteiger partial charge in [-0.3, -0.25) is 4.57 Å². The number of imidazole rings is 1. The van der Waals surface area contributed by atoms with E-state index >= 15 is 0 Å². The van der Waals surface area contributed by atoms with E-state index in [0.717, 1.165) is 5.69 Å². The quantitative estimate of drug-likeness (QED) is 0.795. The topological polar surface area (TPSA) is 55.1 Å². The summed E-state index contributed by atoms with van der Waals surface area (Å²) in [4.78, 5) is 14.8. The van der Waals surface area contributed by atoms with Gasteiger partial charge in [-0.25, -0.2) is 9.78 Å². The predicted molar refractivity (Wildman–Crippen MR) is 60.2 cm³/mol. The molecule has 1 aromatic heterocycles. The number of hydrogen-bond donors (Lipinski definition) is 1. The molecule has 0 aliphatic rings. The van der Waals surface area contributed by atoms with Gasteiger partial charge in [0.15, 0.2) is 0 Å². The van der Waals surface area contributed by atoms with Crippen LogP contribution in [0.5, 0.6) is 0 Å². The third-order valence-corrected chi connectivity index (χ3v) is 2.24. The van der Waals surface area contributed by atoms with Gasteiger partial charge in [0, 0.05) is 5.69 Å². The molecule has 0 atom stereocenters. The van der Waals surface area contributed by atoms with Crippen LogP contribution in [0.2, 0.25) is 0 Å². The Balaban J connectivity index is 2.48. The van der Waals surface area contributed by atoms with E-state index in [1.54, 1.807) is 10.9 Å².